The molecule has 7 heteroatoms. The maximum atomic E-state index is 11.9. The first-order chi connectivity index (χ1) is 9.10. The lowest BCUT2D eigenvalue weighted by atomic mass is 10.1. The Labute approximate surface area is 119 Å². The molecule has 4 N–H and O–H groups in total. The molecule has 0 heterocycles. The summed E-state index contributed by atoms with van der Waals surface area (Å²) in [5.41, 5.74) is 5.67. The zero-order chi connectivity index (χ0) is 15.4. The van der Waals surface area contributed by atoms with Crippen LogP contribution in [0.15, 0.2) is 29.2 Å². The Bertz CT molecular complexity index is 560. The van der Waals surface area contributed by atoms with Gasteiger partial charge < -0.3 is 11.1 Å². The summed E-state index contributed by atoms with van der Waals surface area (Å²) in [6.45, 7) is 5.64. The van der Waals surface area contributed by atoms with Crippen molar-refractivity contribution < 1.29 is 13.2 Å². The molecule has 0 fully saturated rings. The summed E-state index contributed by atoms with van der Waals surface area (Å²) in [7, 11) is -3.60. The van der Waals surface area contributed by atoms with E-state index >= 15 is 0 Å². The molecule has 1 aromatic carbocycles. The minimum absolute atomic E-state index is 0.0502. The fourth-order valence-corrected chi connectivity index (χ4v) is 2.54. The van der Waals surface area contributed by atoms with E-state index in [1.165, 1.54) is 24.3 Å². The predicted octanol–water partition coefficient (Wildman–Crippen LogP) is 0.852. The predicted molar refractivity (Wildman–Crippen MR) is 78.6 cm³/mol. The van der Waals surface area contributed by atoms with Gasteiger partial charge in [-0.25, -0.2) is 13.1 Å². The Kier molecular flexibility index (Phi) is 5.13. The molecule has 0 atom stereocenters. The molecule has 0 aromatic heterocycles. The molecule has 0 aliphatic carbocycles. The number of hydrogen-bond donors (Lipinski definition) is 3. The minimum Gasteiger partial charge on any atom is -0.399 e. The largest absolute Gasteiger partial charge is 0.399 e. The molecule has 1 aromatic rings. The fraction of sp³-hybridized carbons (Fsp3) is 0.462. The summed E-state index contributed by atoms with van der Waals surface area (Å²) in [6.07, 6.45) is 0.0888. The highest BCUT2D eigenvalue weighted by Crippen LogP contribution is 2.11. The smallest absolute Gasteiger partial charge is 0.240 e. The van der Waals surface area contributed by atoms with Crippen LogP contribution in [0.1, 0.15) is 27.2 Å². The summed E-state index contributed by atoms with van der Waals surface area (Å²) >= 11 is 0. The molecular weight excluding hydrogens is 278 g/mol. The van der Waals surface area contributed by atoms with Gasteiger partial charge in [-0.3, -0.25) is 4.79 Å². The van der Waals surface area contributed by atoms with Crippen LogP contribution in [0.3, 0.4) is 0 Å². The van der Waals surface area contributed by atoms with Crippen molar-refractivity contribution >= 4 is 21.6 Å². The molecular formula is C13H21N3O3S. The Morgan fingerprint density at radius 2 is 1.75 bits per heavy atom. The van der Waals surface area contributed by atoms with Gasteiger partial charge in [0.15, 0.2) is 0 Å². The molecule has 0 bridgehead atoms. The lowest BCUT2D eigenvalue weighted by Gasteiger charge is -2.20. The Hall–Kier alpha value is -1.60. The number of nitrogen functional groups attached to an aromatic ring is 1. The van der Waals surface area contributed by atoms with Gasteiger partial charge in [-0.2, -0.15) is 0 Å². The van der Waals surface area contributed by atoms with Crippen LogP contribution in [0.4, 0.5) is 5.69 Å². The van der Waals surface area contributed by atoms with Gasteiger partial charge in [0.25, 0.3) is 0 Å². The number of benzene rings is 1. The normalized spacial score (nSPS) is 12.2. The van der Waals surface area contributed by atoms with Crippen molar-refractivity contribution in [2.75, 3.05) is 12.3 Å². The van der Waals surface area contributed by atoms with Crippen LogP contribution in [0.5, 0.6) is 0 Å². The zero-order valence-corrected chi connectivity index (χ0v) is 12.8. The maximum absolute atomic E-state index is 11.9. The van der Waals surface area contributed by atoms with E-state index in [-0.39, 0.29) is 29.3 Å². The quantitative estimate of drug-likeness (QED) is 0.702. The van der Waals surface area contributed by atoms with E-state index in [0.29, 0.717) is 5.69 Å². The third-order valence-corrected chi connectivity index (χ3v) is 3.83. The number of carbonyl (C=O) groups excluding carboxylic acids is 1. The first-order valence-electron chi connectivity index (χ1n) is 6.26. The lowest BCUT2D eigenvalue weighted by Crippen LogP contribution is -2.41. The number of nitrogens with one attached hydrogen (secondary N) is 2. The van der Waals surface area contributed by atoms with Crippen LogP contribution in [-0.4, -0.2) is 26.4 Å². The Morgan fingerprint density at radius 3 is 2.25 bits per heavy atom. The monoisotopic (exact) mass is 299 g/mol. The van der Waals surface area contributed by atoms with E-state index in [4.69, 9.17) is 5.73 Å². The van der Waals surface area contributed by atoms with Crippen molar-refractivity contribution in [3.8, 4) is 0 Å². The van der Waals surface area contributed by atoms with Crippen molar-refractivity contribution in [1.82, 2.24) is 10.0 Å². The standard InChI is InChI=1S/C13H21N3O3S/c1-13(2,3)16-12(17)8-9-15-20(18,19)11-6-4-10(14)5-7-11/h4-7,15H,8-9,14H2,1-3H3,(H,16,17). The van der Waals surface area contributed by atoms with Crippen molar-refractivity contribution in [3.63, 3.8) is 0 Å². The number of hydrogen-bond acceptors (Lipinski definition) is 4. The highest BCUT2D eigenvalue weighted by molar-refractivity contribution is 7.89. The average Bonchev–Trinajstić information content (AvgIpc) is 2.26. The molecule has 112 valence electrons. The van der Waals surface area contributed by atoms with Crippen molar-refractivity contribution in [1.29, 1.82) is 0 Å². The molecule has 1 rings (SSSR count). The van der Waals surface area contributed by atoms with Gasteiger partial charge in [-0.05, 0) is 45.0 Å². The van der Waals surface area contributed by atoms with Gasteiger partial charge in [-0.15, -0.1) is 0 Å². The third kappa shape index (κ3) is 5.58. The van der Waals surface area contributed by atoms with Crippen molar-refractivity contribution in [2.45, 2.75) is 37.6 Å². The SMILES string of the molecule is CC(C)(C)NC(=O)CCNS(=O)(=O)c1ccc(N)cc1. The number of sulfonamides is 1. The van der Waals surface area contributed by atoms with Crippen molar-refractivity contribution in [2.24, 2.45) is 0 Å². The number of rotatable bonds is 5. The molecule has 0 radical (unpaired) electrons. The zero-order valence-electron chi connectivity index (χ0n) is 11.9. The van der Waals surface area contributed by atoms with Gasteiger partial charge in [0, 0.05) is 24.2 Å². The van der Waals surface area contributed by atoms with E-state index < -0.39 is 10.0 Å². The van der Waals surface area contributed by atoms with Gasteiger partial charge in [0.05, 0.1) is 4.90 Å². The molecule has 0 aliphatic rings. The van der Waals surface area contributed by atoms with E-state index in [1.54, 1.807) is 0 Å². The van der Waals surface area contributed by atoms with E-state index in [0.717, 1.165) is 0 Å². The van der Waals surface area contributed by atoms with Crippen LogP contribution in [0.2, 0.25) is 0 Å². The first kappa shape index (κ1) is 16.5. The molecule has 0 unspecified atom stereocenters. The average molecular weight is 299 g/mol. The van der Waals surface area contributed by atoms with Gasteiger partial charge in [0.2, 0.25) is 15.9 Å². The Balaban J connectivity index is 2.53. The molecule has 0 spiro atoms. The molecule has 0 saturated heterocycles. The van der Waals surface area contributed by atoms with E-state index in [9.17, 15) is 13.2 Å². The summed E-state index contributed by atoms with van der Waals surface area (Å²) < 4.78 is 26.2. The summed E-state index contributed by atoms with van der Waals surface area (Å²) in [4.78, 5) is 11.7. The fourth-order valence-electron chi connectivity index (χ4n) is 1.51. The molecule has 0 aliphatic heterocycles. The summed E-state index contributed by atoms with van der Waals surface area (Å²) in [5, 5.41) is 2.76. The van der Waals surface area contributed by atoms with E-state index in [2.05, 4.69) is 10.0 Å². The molecule has 6 nitrogen and oxygen atoms in total. The number of carbonyl (C=O) groups is 1. The third-order valence-electron chi connectivity index (χ3n) is 2.35. The van der Waals surface area contributed by atoms with Crippen LogP contribution in [0, 0.1) is 0 Å². The minimum atomic E-state index is -3.60. The van der Waals surface area contributed by atoms with Gasteiger partial charge in [-0.1, -0.05) is 0 Å². The second-order valence-electron chi connectivity index (χ2n) is 5.51. The van der Waals surface area contributed by atoms with E-state index in [1.807, 2.05) is 20.8 Å². The highest BCUT2D eigenvalue weighted by Gasteiger charge is 2.16. The van der Waals surface area contributed by atoms with Gasteiger partial charge in [0.1, 0.15) is 0 Å². The maximum Gasteiger partial charge on any atom is 0.240 e. The highest BCUT2D eigenvalue weighted by atomic mass is 32.2. The van der Waals surface area contributed by atoms with Crippen molar-refractivity contribution in [3.05, 3.63) is 24.3 Å². The second kappa shape index (κ2) is 6.23. The van der Waals surface area contributed by atoms with Crippen LogP contribution < -0.4 is 15.8 Å². The van der Waals surface area contributed by atoms with Crippen LogP contribution >= 0.6 is 0 Å². The first-order valence-corrected chi connectivity index (χ1v) is 7.75. The van der Waals surface area contributed by atoms with Gasteiger partial charge >= 0.3 is 0 Å². The number of nitrogens with two attached hydrogens (primary N) is 1. The summed E-state index contributed by atoms with van der Waals surface area (Å²) in [6, 6.07) is 5.88. The Morgan fingerprint density at radius 1 is 1.20 bits per heavy atom. The number of amides is 1. The molecule has 20 heavy (non-hydrogen) atoms. The molecule has 0 saturated carbocycles. The lowest BCUT2D eigenvalue weighted by molar-refractivity contribution is -0.122. The molecule has 1 amide bonds. The number of anilines is 1. The van der Waals surface area contributed by atoms with Crippen LogP contribution in [0.25, 0.3) is 0 Å². The second-order valence-corrected chi connectivity index (χ2v) is 7.28. The topological polar surface area (TPSA) is 101 Å². The summed E-state index contributed by atoms with van der Waals surface area (Å²) in [5.74, 6) is -0.197. The van der Waals surface area contributed by atoms with Crippen LogP contribution in [-0.2, 0) is 14.8 Å².